The molecule has 1 aromatic rings. The summed E-state index contributed by atoms with van der Waals surface area (Å²) in [5, 5.41) is 8.90. The summed E-state index contributed by atoms with van der Waals surface area (Å²) in [5.74, 6) is -1.53. The third-order valence-corrected chi connectivity index (χ3v) is 4.56. The molecule has 1 amide bonds. The van der Waals surface area contributed by atoms with Crippen LogP contribution in [0.4, 0.5) is 0 Å². The number of aromatic nitrogens is 1. The minimum absolute atomic E-state index is 0.00134. The molecule has 1 fully saturated rings. The molecular weight excluding hydrogens is 268 g/mol. The maximum Gasteiger partial charge on any atom is 0.308 e. The molecule has 0 radical (unpaired) electrons. The lowest BCUT2D eigenvalue weighted by atomic mass is 10.1. The van der Waals surface area contributed by atoms with Gasteiger partial charge in [0.25, 0.3) is 0 Å². The van der Waals surface area contributed by atoms with E-state index in [1.165, 1.54) is 9.47 Å². The summed E-state index contributed by atoms with van der Waals surface area (Å²) in [7, 11) is 0. The van der Waals surface area contributed by atoms with E-state index in [1.54, 1.807) is 0 Å². The largest absolute Gasteiger partial charge is 0.481 e. The molecule has 1 aliphatic rings. The Kier molecular flexibility index (Phi) is 3.75. The van der Waals surface area contributed by atoms with Crippen molar-refractivity contribution in [3.63, 3.8) is 0 Å². The normalized spacial score (nSPS) is 18.8. The highest BCUT2D eigenvalue weighted by molar-refractivity contribution is 7.09. The van der Waals surface area contributed by atoms with Crippen molar-refractivity contribution in [1.29, 1.82) is 0 Å². The zero-order valence-electron chi connectivity index (χ0n) is 10.9. The van der Waals surface area contributed by atoms with E-state index >= 15 is 0 Å². The monoisotopic (exact) mass is 284 g/mol. The van der Waals surface area contributed by atoms with E-state index in [2.05, 4.69) is 0 Å². The average molecular weight is 284 g/mol. The topological polar surface area (TPSA) is 79.6 Å². The maximum atomic E-state index is 12.1. The fraction of sp³-hybridized carbons (Fsp3) is 0.583. The van der Waals surface area contributed by atoms with Gasteiger partial charge in [0.05, 0.1) is 5.92 Å². The molecule has 104 valence electrons. The van der Waals surface area contributed by atoms with Gasteiger partial charge in [-0.15, -0.1) is 0 Å². The van der Waals surface area contributed by atoms with Gasteiger partial charge < -0.3 is 10.0 Å². The molecule has 1 saturated heterocycles. The third kappa shape index (κ3) is 2.70. The van der Waals surface area contributed by atoms with E-state index in [9.17, 15) is 14.4 Å². The van der Waals surface area contributed by atoms with Crippen LogP contribution in [0, 0.1) is 19.8 Å². The second kappa shape index (κ2) is 5.16. The van der Waals surface area contributed by atoms with Crippen molar-refractivity contribution < 1.29 is 14.7 Å². The van der Waals surface area contributed by atoms with Crippen molar-refractivity contribution in [2.24, 2.45) is 5.92 Å². The number of hydrogen-bond acceptors (Lipinski definition) is 4. The van der Waals surface area contributed by atoms with Crippen LogP contribution in [-0.4, -0.2) is 39.5 Å². The second-order valence-corrected chi connectivity index (χ2v) is 5.93. The lowest BCUT2D eigenvalue weighted by molar-refractivity contribution is -0.141. The van der Waals surface area contributed by atoms with Crippen molar-refractivity contribution in [2.75, 3.05) is 13.1 Å². The van der Waals surface area contributed by atoms with E-state index in [4.69, 9.17) is 5.11 Å². The van der Waals surface area contributed by atoms with Crippen LogP contribution < -0.4 is 4.87 Å². The van der Waals surface area contributed by atoms with Crippen LogP contribution in [0.25, 0.3) is 0 Å². The Balaban J connectivity index is 2.06. The van der Waals surface area contributed by atoms with Gasteiger partial charge in [-0.1, -0.05) is 11.3 Å². The first-order valence-electron chi connectivity index (χ1n) is 6.07. The number of likely N-dealkylation sites (tertiary alicyclic amines) is 1. The molecule has 2 rings (SSSR count). The predicted molar refractivity (Wildman–Crippen MR) is 70.4 cm³/mol. The van der Waals surface area contributed by atoms with E-state index in [1.807, 2.05) is 13.8 Å². The van der Waals surface area contributed by atoms with Crippen molar-refractivity contribution in [2.45, 2.75) is 26.8 Å². The summed E-state index contributed by atoms with van der Waals surface area (Å²) in [6, 6.07) is 0. The highest BCUT2D eigenvalue weighted by Crippen LogP contribution is 2.17. The number of aliphatic carboxylic acids is 1. The molecule has 1 aliphatic heterocycles. The molecule has 1 atom stereocenters. The minimum atomic E-state index is -0.866. The molecule has 1 N–H and O–H groups in total. The van der Waals surface area contributed by atoms with Gasteiger partial charge >= 0.3 is 10.8 Å². The molecule has 0 bridgehead atoms. The van der Waals surface area contributed by atoms with Gasteiger partial charge in [-0.25, -0.2) is 0 Å². The predicted octanol–water partition coefficient (Wildman–Crippen LogP) is 0.460. The number of aryl methyl sites for hydroxylation is 1. The number of amides is 1. The van der Waals surface area contributed by atoms with Crippen molar-refractivity contribution in [3.8, 4) is 0 Å². The zero-order valence-corrected chi connectivity index (χ0v) is 11.7. The summed E-state index contributed by atoms with van der Waals surface area (Å²) in [6.45, 7) is 4.35. The van der Waals surface area contributed by atoms with Gasteiger partial charge in [-0.05, 0) is 20.3 Å². The lowest BCUT2D eigenvalue weighted by Crippen LogP contribution is -2.35. The lowest BCUT2D eigenvalue weighted by Gasteiger charge is -2.16. The molecule has 0 aromatic carbocycles. The summed E-state index contributed by atoms with van der Waals surface area (Å²) in [6.07, 6.45) is 0.484. The van der Waals surface area contributed by atoms with Crippen LogP contribution in [0.15, 0.2) is 4.79 Å². The first-order chi connectivity index (χ1) is 8.90. The molecule has 0 spiro atoms. The van der Waals surface area contributed by atoms with Gasteiger partial charge in [0, 0.05) is 23.7 Å². The Morgan fingerprint density at radius 3 is 2.58 bits per heavy atom. The first-order valence-corrected chi connectivity index (χ1v) is 6.89. The average Bonchev–Trinajstić information content (AvgIpc) is 2.91. The zero-order chi connectivity index (χ0) is 14.2. The fourth-order valence-corrected chi connectivity index (χ4v) is 3.03. The molecule has 1 unspecified atom stereocenters. The van der Waals surface area contributed by atoms with E-state index in [0.717, 1.165) is 21.9 Å². The maximum absolute atomic E-state index is 12.1. The van der Waals surface area contributed by atoms with Gasteiger partial charge in [-0.3, -0.25) is 19.0 Å². The number of carboxylic acids is 1. The number of thiazole rings is 1. The first kappa shape index (κ1) is 13.8. The SMILES string of the molecule is Cc1sc(=O)n(CC(=O)N2CCC(C(=O)O)C2)c1C. The molecule has 0 aliphatic carbocycles. The number of rotatable bonds is 3. The third-order valence-electron chi connectivity index (χ3n) is 3.56. The summed E-state index contributed by atoms with van der Waals surface area (Å²) in [4.78, 5) is 36.9. The standard InChI is InChI=1S/C12H16N2O4S/c1-7-8(2)19-12(18)14(7)6-10(15)13-4-3-9(5-13)11(16)17/h9H,3-6H2,1-2H3,(H,16,17). The summed E-state index contributed by atoms with van der Waals surface area (Å²) < 4.78 is 1.45. The molecule has 6 nitrogen and oxygen atoms in total. The second-order valence-electron chi connectivity index (χ2n) is 4.76. The van der Waals surface area contributed by atoms with Crippen LogP contribution in [-0.2, 0) is 16.1 Å². The molecular formula is C12H16N2O4S. The van der Waals surface area contributed by atoms with E-state index in [-0.39, 0.29) is 23.9 Å². The number of carbonyl (C=O) groups excluding carboxylic acids is 1. The number of nitrogens with zero attached hydrogens (tertiary/aromatic N) is 2. The van der Waals surface area contributed by atoms with Gasteiger partial charge in [0.1, 0.15) is 6.54 Å². The Bertz CT molecular complexity index is 575. The fourth-order valence-electron chi connectivity index (χ4n) is 2.19. The molecule has 0 saturated carbocycles. The quantitative estimate of drug-likeness (QED) is 0.874. The summed E-state index contributed by atoms with van der Waals surface area (Å²) >= 11 is 1.13. The van der Waals surface area contributed by atoms with Crippen LogP contribution in [0.5, 0.6) is 0 Å². The van der Waals surface area contributed by atoms with Crippen LogP contribution in [0.1, 0.15) is 17.0 Å². The van der Waals surface area contributed by atoms with Gasteiger partial charge in [-0.2, -0.15) is 0 Å². The van der Waals surface area contributed by atoms with Gasteiger partial charge in [0.15, 0.2) is 0 Å². The molecule has 7 heteroatoms. The van der Waals surface area contributed by atoms with Crippen molar-refractivity contribution >= 4 is 23.2 Å². The van der Waals surface area contributed by atoms with E-state index in [0.29, 0.717) is 13.0 Å². The number of hydrogen-bond donors (Lipinski definition) is 1. The van der Waals surface area contributed by atoms with Crippen molar-refractivity contribution in [1.82, 2.24) is 9.47 Å². The Morgan fingerprint density at radius 1 is 1.42 bits per heavy atom. The van der Waals surface area contributed by atoms with E-state index < -0.39 is 11.9 Å². The van der Waals surface area contributed by atoms with Crippen LogP contribution in [0.3, 0.4) is 0 Å². The molecule has 19 heavy (non-hydrogen) atoms. The molecule has 2 heterocycles. The Hall–Kier alpha value is -1.63. The van der Waals surface area contributed by atoms with Gasteiger partial charge in [0.2, 0.25) is 5.91 Å². The number of carbonyl (C=O) groups is 2. The minimum Gasteiger partial charge on any atom is -0.481 e. The van der Waals surface area contributed by atoms with Crippen LogP contribution in [0.2, 0.25) is 0 Å². The smallest absolute Gasteiger partial charge is 0.308 e. The summed E-state index contributed by atoms with van der Waals surface area (Å²) in [5.41, 5.74) is 0.803. The highest BCUT2D eigenvalue weighted by atomic mass is 32.1. The Morgan fingerprint density at radius 2 is 2.11 bits per heavy atom. The Labute approximate surface area is 114 Å². The highest BCUT2D eigenvalue weighted by Gasteiger charge is 2.31. The van der Waals surface area contributed by atoms with Crippen LogP contribution >= 0.6 is 11.3 Å². The number of carboxylic acid groups (broad SMARTS) is 1. The molecule has 1 aromatic heterocycles. The van der Waals surface area contributed by atoms with Crippen molar-refractivity contribution in [3.05, 3.63) is 20.2 Å².